The zero-order valence-electron chi connectivity index (χ0n) is 16.6. The number of ether oxygens (including phenoxy) is 2. The molecule has 162 valence electrons. The van der Waals surface area contributed by atoms with Crippen LogP contribution in [0.4, 0.5) is 5.69 Å². The van der Waals surface area contributed by atoms with Crippen LogP contribution in [0, 0.1) is 0 Å². The summed E-state index contributed by atoms with van der Waals surface area (Å²) in [6.07, 6.45) is 0. The molecule has 1 heterocycles. The highest BCUT2D eigenvalue weighted by atomic mass is 79.9. The van der Waals surface area contributed by atoms with Crippen LogP contribution in [-0.4, -0.2) is 65.7 Å². The number of nitrogens with zero attached hydrogens (tertiary/aromatic N) is 1. The van der Waals surface area contributed by atoms with Gasteiger partial charge < -0.3 is 14.8 Å². The van der Waals surface area contributed by atoms with Gasteiger partial charge in [0.2, 0.25) is 0 Å². The number of amides is 1. The number of rotatable bonds is 8. The second-order valence-corrected chi connectivity index (χ2v) is 9.25. The standard InChI is InChI=1S/C20H24BrN3O5S/c1-28-18-7-2-15(20(25)22-8-9-24-10-12-29-13-11-24)14-19(18)30(26,27)23-17-5-3-16(21)4-6-17/h2-7,14,23H,8-13H2,1H3,(H,22,25). The first-order chi connectivity index (χ1) is 14.4. The number of hydrogen-bond donors (Lipinski definition) is 2. The van der Waals surface area contributed by atoms with E-state index in [-0.39, 0.29) is 22.1 Å². The summed E-state index contributed by atoms with van der Waals surface area (Å²) in [7, 11) is -2.57. The predicted octanol–water partition coefficient (Wildman–Crippen LogP) is 2.32. The molecule has 2 aromatic rings. The topological polar surface area (TPSA) is 97.0 Å². The Kier molecular flexibility index (Phi) is 7.70. The number of morpholine rings is 1. The molecular formula is C20H24BrN3O5S. The summed E-state index contributed by atoms with van der Waals surface area (Å²) in [4.78, 5) is 14.6. The highest BCUT2D eigenvalue weighted by Gasteiger charge is 2.22. The van der Waals surface area contributed by atoms with E-state index in [4.69, 9.17) is 9.47 Å². The molecule has 0 radical (unpaired) electrons. The van der Waals surface area contributed by atoms with Crippen LogP contribution in [-0.2, 0) is 14.8 Å². The van der Waals surface area contributed by atoms with Crippen LogP contribution in [0.3, 0.4) is 0 Å². The number of nitrogens with one attached hydrogen (secondary N) is 2. The number of carbonyl (C=O) groups is 1. The van der Waals surface area contributed by atoms with Gasteiger partial charge in [0.25, 0.3) is 15.9 Å². The van der Waals surface area contributed by atoms with Gasteiger partial charge in [0, 0.05) is 41.9 Å². The number of carbonyl (C=O) groups excluding carboxylic acids is 1. The first-order valence-electron chi connectivity index (χ1n) is 9.44. The summed E-state index contributed by atoms with van der Waals surface area (Å²) in [5.41, 5.74) is 0.648. The fourth-order valence-electron chi connectivity index (χ4n) is 3.01. The Morgan fingerprint density at radius 3 is 2.53 bits per heavy atom. The van der Waals surface area contributed by atoms with E-state index in [1.807, 2.05) is 0 Å². The van der Waals surface area contributed by atoms with E-state index in [1.165, 1.54) is 19.2 Å². The van der Waals surface area contributed by atoms with Crippen molar-refractivity contribution in [2.24, 2.45) is 0 Å². The molecule has 1 aliphatic rings. The van der Waals surface area contributed by atoms with Crippen molar-refractivity contribution in [2.75, 3.05) is 51.2 Å². The van der Waals surface area contributed by atoms with Crippen molar-refractivity contribution in [3.8, 4) is 5.75 Å². The summed E-state index contributed by atoms with van der Waals surface area (Å²) < 4.78 is 39.7. The van der Waals surface area contributed by atoms with Crippen molar-refractivity contribution in [3.05, 3.63) is 52.5 Å². The molecule has 1 amide bonds. The van der Waals surface area contributed by atoms with Gasteiger partial charge in [-0.1, -0.05) is 15.9 Å². The fraction of sp³-hybridized carbons (Fsp3) is 0.350. The average Bonchev–Trinajstić information content (AvgIpc) is 2.75. The summed E-state index contributed by atoms with van der Waals surface area (Å²) in [5, 5.41) is 2.84. The minimum atomic E-state index is -3.96. The monoisotopic (exact) mass is 497 g/mol. The molecule has 8 nitrogen and oxygen atoms in total. The minimum Gasteiger partial charge on any atom is -0.495 e. The third kappa shape index (κ3) is 5.94. The molecule has 0 aliphatic carbocycles. The van der Waals surface area contributed by atoms with Crippen LogP contribution in [0.1, 0.15) is 10.4 Å². The minimum absolute atomic E-state index is 0.103. The van der Waals surface area contributed by atoms with Crippen LogP contribution >= 0.6 is 15.9 Å². The Bertz CT molecular complexity index is 976. The largest absolute Gasteiger partial charge is 0.495 e. The van der Waals surface area contributed by atoms with Crippen LogP contribution in [0.2, 0.25) is 0 Å². The number of methoxy groups -OCH3 is 1. The summed E-state index contributed by atoms with van der Waals surface area (Å²) in [6, 6.07) is 11.1. The Balaban J connectivity index is 1.71. The van der Waals surface area contributed by atoms with E-state index in [0.717, 1.165) is 17.6 Å². The zero-order valence-corrected chi connectivity index (χ0v) is 19.0. The molecule has 0 aromatic heterocycles. The molecular weight excluding hydrogens is 474 g/mol. The maximum Gasteiger partial charge on any atom is 0.265 e. The normalized spacial score (nSPS) is 14.9. The quantitative estimate of drug-likeness (QED) is 0.580. The van der Waals surface area contributed by atoms with Crippen molar-refractivity contribution in [1.29, 1.82) is 0 Å². The first-order valence-corrected chi connectivity index (χ1v) is 11.7. The van der Waals surface area contributed by atoms with Gasteiger partial charge in [-0.2, -0.15) is 0 Å². The fourth-order valence-corrected chi connectivity index (χ4v) is 4.53. The smallest absolute Gasteiger partial charge is 0.265 e. The molecule has 1 saturated heterocycles. The van der Waals surface area contributed by atoms with Gasteiger partial charge in [-0.15, -0.1) is 0 Å². The number of hydrogen-bond acceptors (Lipinski definition) is 6. The Labute approximate surface area is 184 Å². The van der Waals surface area contributed by atoms with Crippen molar-refractivity contribution in [2.45, 2.75) is 4.90 Å². The van der Waals surface area contributed by atoms with Gasteiger partial charge in [-0.05, 0) is 42.5 Å². The Morgan fingerprint density at radius 2 is 1.87 bits per heavy atom. The van der Waals surface area contributed by atoms with Crippen molar-refractivity contribution in [3.63, 3.8) is 0 Å². The van der Waals surface area contributed by atoms with E-state index in [1.54, 1.807) is 30.3 Å². The molecule has 1 fully saturated rings. The Morgan fingerprint density at radius 1 is 1.17 bits per heavy atom. The van der Waals surface area contributed by atoms with E-state index in [2.05, 4.69) is 30.9 Å². The maximum atomic E-state index is 12.9. The van der Waals surface area contributed by atoms with E-state index >= 15 is 0 Å². The molecule has 0 spiro atoms. The van der Waals surface area contributed by atoms with E-state index in [9.17, 15) is 13.2 Å². The number of sulfonamides is 1. The van der Waals surface area contributed by atoms with Gasteiger partial charge in [-0.3, -0.25) is 14.4 Å². The lowest BCUT2D eigenvalue weighted by atomic mass is 10.2. The highest BCUT2D eigenvalue weighted by Crippen LogP contribution is 2.27. The molecule has 1 aliphatic heterocycles. The van der Waals surface area contributed by atoms with Gasteiger partial charge in [-0.25, -0.2) is 8.42 Å². The Hall–Kier alpha value is -2.14. The summed E-state index contributed by atoms with van der Waals surface area (Å²) in [5.74, 6) is -0.185. The average molecular weight is 498 g/mol. The second kappa shape index (κ2) is 10.3. The molecule has 10 heteroatoms. The van der Waals surface area contributed by atoms with Crippen LogP contribution in [0.25, 0.3) is 0 Å². The van der Waals surface area contributed by atoms with Crippen molar-refractivity contribution < 1.29 is 22.7 Å². The molecule has 0 bridgehead atoms. The third-order valence-electron chi connectivity index (χ3n) is 4.63. The third-order valence-corrected chi connectivity index (χ3v) is 6.56. The lowest BCUT2D eigenvalue weighted by Crippen LogP contribution is -2.41. The SMILES string of the molecule is COc1ccc(C(=O)NCCN2CCOCC2)cc1S(=O)(=O)Nc1ccc(Br)cc1. The molecule has 0 saturated carbocycles. The first kappa shape index (κ1) is 22.5. The van der Waals surface area contributed by atoms with Gasteiger partial charge in [0.15, 0.2) is 0 Å². The zero-order chi connectivity index (χ0) is 21.6. The van der Waals surface area contributed by atoms with Gasteiger partial charge in [0.05, 0.1) is 20.3 Å². The highest BCUT2D eigenvalue weighted by molar-refractivity contribution is 9.10. The molecule has 0 unspecified atom stereocenters. The molecule has 0 atom stereocenters. The number of anilines is 1. The van der Waals surface area contributed by atoms with E-state index in [0.29, 0.717) is 32.0 Å². The summed E-state index contributed by atoms with van der Waals surface area (Å²) >= 11 is 3.31. The van der Waals surface area contributed by atoms with Crippen LogP contribution < -0.4 is 14.8 Å². The second-order valence-electron chi connectivity index (χ2n) is 6.69. The van der Waals surface area contributed by atoms with Crippen molar-refractivity contribution in [1.82, 2.24) is 10.2 Å². The van der Waals surface area contributed by atoms with E-state index < -0.39 is 10.0 Å². The predicted molar refractivity (Wildman–Crippen MR) is 118 cm³/mol. The molecule has 3 rings (SSSR count). The number of halogens is 1. The van der Waals surface area contributed by atoms with Crippen LogP contribution in [0.5, 0.6) is 5.75 Å². The summed E-state index contributed by atoms with van der Waals surface area (Å²) in [6.45, 7) is 4.23. The molecule has 2 aromatic carbocycles. The molecule has 2 N–H and O–H groups in total. The lowest BCUT2D eigenvalue weighted by molar-refractivity contribution is 0.0383. The van der Waals surface area contributed by atoms with Gasteiger partial charge >= 0.3 is 0 Å². The van der Waals surface area contributed by atoms with Crippen molar-refractivity contribution >= 4 is 37.5 Å². The number of benzene rings is 2. The lowest BCUT2D eigenvalue weighted by Gasteiger charge is -2.26. The molecule has 30 heavy (non-hydrogen) atoms. The van der Waals surface area contributed by atoms with Crippen LogP contribution in [0.15, 0.2) is 51.8 Å². The maximum absolute atomic E-state index is 12.9. The van der Waals surface area contributed by atoms with Gasteiger partial charge in [0.1, 0.15) is 10.6 Å².